The van der Waals surface area contributed by atoms with Gasteiger partial charge in [0.25, 0.3) is 5.91 Å². The molecule has 1 saturated heterocycles. The summed E-state index contributed by atoms with van der Waals surface area (Å²) in [5, 5.41) is 6.50. The van der Waals surface area contributed by atoms with E-state index in [0.717, 1.165) is 32.5 Å². The van der Waals surface area contributed by atoms with Gasteiger partial charge in [-0.2, -0.15) is 0 Å². The lowest BCUT2D eigenvalue weighted by molar-refractivity contribution is 0.0906. The highest BCUT2D eigenvalue weighted by molar-refractivity contribution is 6.30. The molecule has 8 heteroatoms. The topological polar surface area (TPSA) is 73.9 Å². The molecule has 1 aliphatic heterocycles. The van der Waals surface area contributed by atoms with Gasteiger partial charge in [0.15, 0.2) is 0 Å². The number of methoxy groups -OCH3 is 1. The van der Waals surface area contributed by atoms with Crippen molar-refractivity contribution in [2.45, 2.75) is 25.4 Å². The zero-order valence-corrected chi connectivity index (χ0v) is 21.3. The monoisotopic (exact) mass is 506 g/mol. The van der Waals surface area contributed by atoms with E-state index in [2.05, 4.69) is 39.8 Å². The van der Waals surface area contributed by atoms with Gasteiger partial charge in [-0.15, -0.1) is 0 Å². The molecule has 188 valence electrons. The number of amides is 3. The Morgan fingerprint density at radius 2 is 1.78 bits per heavy atom. The highest BCUT2D eigenvalue weighted by Crippen LogP contribution is 2.26. The van der Waals surface area contributed by atoms with Crippen molar-refractivity contribution in [3.05, 3.63) is 88.9 Å². The third-order valence-electron chi connectivity index (χ3n) is 6.37. The fourth-order valence-corrected chi connectivity index (χ4v) is 4.50. The van der Waals surface area contributed by atoms with Crippen molar-refractivity contribution in [3.63, 3.8) is 0 Å². The molecule has 0 unspecified atom stereocenters. The summed E-state index contributed by atoms with van der Waals surface area (Å²) in [5.41, 5.74) is 2.93. The number of rotatable bonds is 7. The molecule has 0 saturated carbocycles. The standard InChI is InChI=1S/C28H31ClN4O3/c1-32(28(35)31-23-10-6-9-21(29)17-23)24-11-12-25(26(18-24)36-2)27(34)30-22-13-15-33(16-14-22)19-20-7-4-3-5-8-20/h3-12,17-18,22H,13-16,19H2,1-2H3,(H,30,34)(H,31,35). The van der Waals surface area contributed by atoms with Crippen LogP contribution in [0.5, 0.6) is 5.75 Å². The van der Waals surface area contributed by atoms with Crippen LogP contribution in [0.3, 0.4) is 0 Å². The van der Waals surface area contributed by atoms with Crippen molar-refractivity contribution < 1.29 is 14.3 Å². The van der Waals surface area contributed by atoms with Crippen molar-refractivity contribution in [2.24, 2.45) is 0 Å². The first-order valence-corrected chi connectivity index (χ1v) is 12.4. The minimum atomic E-state index is -0.334. The second-order valence-corrected chi connectivity index (χ2v) is 9.33. The van der Waals surface area contributed by atoms with Crippen molar-refractivity contribution in [1.82, 2.24) is 10.2 Å². The normalized spacial score (nSPS) is 14.2. The van der Waals surface area contributed by atoms with Gasteiger partial charge < -0.3 is 15.4 Å². The summed E-state index contributed by atoms with van der Waals surface area (Å²) in [5.74, 6) is 0.236. The van der Waals surface area contributed by atoms with E-state index in [1.807, 2.05) is 6.07 Å². The van der Waals surface area contributed by atoms with Crippen molar-refractivity contribution in [3.8, 4) is 5.75 Å². The number of anilines is 2. The summed E-state index contributed by atoms with van der Waals surface area (Å²) in [6.45, 7) is 2.79. The Labute approximate surface area is 217 Å². The Hall–Kier alpha value is -3.55. The predicted molar refractivity (Wildman–Crippen MR) is 144 cm³/mol. The number of urea groups is 1. The first-order chi connectivity index (χ1) is 17.4. The van der Waals surface area contributed by atoms with Gasteiger partial charge in [-0.3, -0.25) is 14.6 Å². The van der Waals surface area contributed by atoms with Crippen LogP contribution in [-0.2, 0) is 6.54 Å². The molecule has 3 aromatic rings. The number of nitrogens with zero attached hydrogens (tertiary/aromatic N) is 2. The molecule has 0 bridgehead atoms. The molecule has 0 atom stereocenters. The molecule has 7 nitrogen and oxygen atoms in total. The second-order valence-electron chi connectivity index (χ2n) is 8.89. The van der Waals surface area contributed by atoms with Crippen LogP contribution in [0.15, 0.2) is 72.8 Å². The van der Waals surface area contributed by atoms with Crippen molar-refractivity contribution in [2.75, 3.05) is 37.5 Å². The zero-order valence-electron chi connectivity index (χ0n) is 20.5. The highest BCUT2D eigenvalue weighted by atomic mass is 35.5. The Morgan fingerprint density at radius 3 is 2.47 bits per heavy atom. The number of piperidine rings is 1. The third kappa shape index (κ3) is 6.56. The van der Waals surface area contributed by atoms with E-state index in [9.17, 15) is 9.59 Å². The molecule has 0 aromatic heterocycles. The van der Waals surface area contributed by atoms with Crippen LogP contribution in [0.2, 0.25) is 5.02 Å². The summed E-state index contributed by atoms with van der Waals surface area (Å²) in [6.07, 6.45) is 1.79. The molecule has 1 heterocycles. The number of likely N-dealkylation sites (tertiary alicyclic amines) is 1. The number of hydrogen-bond donors (Lipinski definition) is 2. The summed E-state index contributed by atoms with van der Waals surface area (Å²) >= 11 is 6.00. The van der Waals surface area contributed by atoms with E-state index in [1.165, 1.54) is 17.6 Å². The van der Waals surface area contributed by atoms with Gasteiger partial charge in [-0.1, -0.05) is 48.0 Å². The number of halogens is 1. The molecule has 1 fully saturated rings. The summed E-state index contributed by atoms with van der Waals surface area (Å²) in [7, 11) is 3.17. The summed E-state index contributed by atoms with van der Waals surface area (Å²) < 4.78 is 5.50. The van der Waals surface area contributed by atoms with Crippen molar-refractivity contribution >= 4 is 34.9 Å². The molecule has 4 rings (SSSR count). The van der Waals surface area contributed by atoms with Crippen LogP contribution >= 0.6 is 11.6 Å². The molecule has 3 aromatic carbocycles. The Morgan fingerprint density at radius 1 is 1.03 bits per heavy atom. The first-order valence-electron chi connectivity index (χ1n) is 12.0. The molecule has 36 heavy (non-hydrogen) atoms. The Bertz CT molecular complexity index is 1200. The fourth-order valence-electron chi connectivity index (χ4n) is 4.31. The van der Waals surface area contributed by atoms with Crippen LogP contribution in [0, 0.1) is 0 Å². The minimum absolute atomic E-state index is 0.111. The van der Waals surface area contributed by atoms with Crippen LogP contribution in [-0.4, -0.2) is 50.1 Å². The van der Waals surface area contributed by atoms with Gasteiger partial charge in [0.2, 0.25) is 0 Å². The van der Waals surface area contributed by atoms with E-state index in [1.54, 1.807) is 49.5 Å². The molecular weight excluding hydrogens is 476 g/mol. The second kappa shape index (κ2) is 11.9. The molecular formula is C28H31ClN4O3. The van der Waals surface area contributed by atoms with Crippen LogP contribution in [0.4, 0.5) is 16.2 Å². The summed E-state index contributed by atoms with van der Waals surface area (Å²) in [6, 6.07) is 22.3. The Balaban J connectivity index is 1.34. The van der Waals surface area contributed by atoms with Crippen molar-refractivity contribution in [1.29, 1.82) is 0 Å². The van der Waals surface area contributed by atoms with Gasteiger partial charge in [-0.05, 0) is 48.7 Å². The molecule has 2 N–H and O–H groups in total. The number of benzene rings is 3. The lowest BCUT2D eigenvalue weighted by Crippen LogP contribution is -2.44. The maximum absolute atomic E-state index is 13.0. The lowest BCUT2D eigenvalue weighted by Gasteiger charge is -2.32. The van der Waals surface area contributed by atoms with Crippen LogP contribution < -0.4 is 20.3 Å². The lowest BCUT2D eigenvalue weighted by atomic mass is 10.0. The third-order valence-corrected chi connectivity index (χ3v) is 6.60. The van der Waals surface area contributed by atoms with Gasteiger partial charge >= 0.3 is 6.03 Å². The quantitative estimate of drug-likeness (QED) is 0.449. The summed E-state index contributed by atoms with van der Waals surface area (Å²) in [4.78, 5) is 29.6. The van der Waals surface area contributed by atoms with E-state index in [4.69, 9.17) is 16.3 Å². The highest BCUT2D eigenvalue weighted by Gasteiger charge is 2.23. The van der Waals surface area contributed by atoms with E-state index in [-0.39, 0.29) is 18.0 Å². The largest absolute Gasteiger partial charge is 0.496 e. The Kier molecular flexibility index (Phi) is 8.46. The number of nitrogens with one attached hydrogen (secondary N) is 2. The average Bonchev–Trinajstić information content (AvgIpc) is 2.89. The molecule has 1 aliphatic rings. The molecule has 0 radical (unpaired) electrons. The predicted octanol–water partition coefficient (Wildman–Crippen LogP) is 5.41. The van der Waals surface area contributed by atoms with Gasteiger partial charge in [0, 0.05) is 55.2 Å². The number of carbonyl (C=O) groups is 2. The smallest absolute Gasteiger partial charge is 0.326 e. The first kappa shape index (κ1) is 25.5. The fraction of sp³-hybridized carbons (Fsp3) is 0.286. The van der Waals surface area contributed by atoms with Crippen LogP contribution in [0.1, 0.15) is 28.8 Å². The van der Waals surface area contributed by atoms with E-state index < -0.39 is 0 Å². The average molecular weight is 507 g/mol. The SMILES string of the molecule is COc1cc(N(C)C(=O)Nc2cccc(Cl)c2)ccc1C(=O)NC1CCN(Cc2ccccc2)CC1. The maximum Gasteiger partial charge on any atom is 0.326 e. The van der Waals surface area contributed by atoms with Crippen LogP contribution in [0.25, 0.3) is 0 Å². The van der Waals surface area contributed by atoms with Gasteiger partial charge in [0.1, 0.15) is 5.75 Å². The number of ether oxygens (including phenoxy) is 1. The zero-order chi connectivity index (χ0) is 25.5. The number of carbonyl (C=O) groups excluding carboxylic acids is 2. The minimum Gasteiger partial charge on any atom is -0.496 e. The maximum atomic E-state index is 13.0. The van der Waals surface area contributed by atoms with E-state index >= 15 is 0 Å². The van der Waals surface area contributed by atoms with E-state index in [0.29, 0.717) is 27.7 Å². The van der Waals surface area contributed by atoms with Gasteiger partial charge in [0.05, 0.1) is 12.7 Å². The number of hydrogen-bond acceptors (Lipinski definition) is 4. The molecule has 3 amide bonds. The molecule has 0 aliphatic carbocycles. The van der Waals surface area contributed by atoms with Gasteiger partial charge in [-0.25, -0.2) is 4.79 Å². The molecule has 0 spiro atoms.